The molecule has 7 nitrogen and oxygen atoms in total. The maximum Gasteiger partial charge on any atom is 0.261 e. The SMILES string of the molecule is Cc1onc(-c2ccccc2Cl)c1C(=O)Nc1ccc(C(=O)NCC2CCCC(CN)C2)c(Cl)c1. The van der Waals surface area contributed by atoms with Gasteiger partial charge in [0.15, 0.2) is 0 Å². The average Bonchev–Trinajstić information content (AvgIpc) is 3.24. The molecule has 0 spiro atoms. The number of benzene rings is 2. The molecule has 0 bridgehead atoms. The zero-order valence-corrected chi connectivity index (χ0v) is 21.0. The molecular weight excluding hydrogens is 487 g/mol. The van der Waals surface area contributed by atoms with Gasteiger partial charge in [0.05, 0.1) is 15.6 Å². The summed E-state index contributed by atoms with van der Waals surface area (Å²) >= 11 is 12.7. The first kappa shape index (κ1) is 25.2. The molecule has 2 aromatic carbocycles. The normalized spacial score (nSPS) is 17.7. The maximum absolute atomic E-state index is 13.1. The van der Waals surface area contributed by atoms with Crippen molar-refractivity contribution in [2.45, 2.75) is 32.6 Å². The standard InChI is InChI=1S/C26H28Cl2N4O3/c1-15-23(24(32-35-15)19-7-2-3-8-21(19)27)26(34)31-18-9-10-20(22(28)12-18)25(33)30-14-17-6-4-5-16(11-17)13-29/h2-3,7-10,12,16-17H,4-6,11,13-14,29H2,1H3,(H,30,33)(H,31,34). The van der Waals surface area contributed by atoms with E-state index in [1.165, 1.54) is 0 Å². The quantitative estimate of drug-likeness (QED) is 0.374. The molecule has 3 aromatic rings. The van der Waals surface area contributed by atoms with Gasteiger partial charge >= 0.3 is 0 Å². The van der Waals surface area contributed by atoms with Gasteiger partial charge in [0, 0.05) is 17.8 Å². The van der Waals surface area contributed by atoms with E-state index in [1.807, 2.05) is 0 Å². The lowest BCUT2D eigenvalue weighted by Gasteiger charge is -2.28. The number of anilines is 1. The highest BCUT2D eigenvalue weighted by Crippen LogP contribution is 2.32. The van der Waals surface area contributed by atoms with Crippen molar-refractivity contribution < 1.29 is 14.1 Å². The minimum atomic E-state index is -0.418. The smallest absolute Gasteiger partial charge is 0.261 e. The summed E-state index contributed by atoms with van der Waals surface area (Å²) in [5.41, 5.74) is 7.84. The summed E-state index contributed by atoms with van der Waals surface area (Å²) in [6.45, 7) is 2.95. The van der Waals surface area contributed by atoms with Crippen LogP contribution in [0.4, 0.5) is 5.69 Å². The van der Waals surface area contributed by atoms with E-state index in [0.29, 0.717) is 58.2 Å². The fourth-order valence-corrected chi connectivity index (χ4v) is 5.07. The molecule has 1 aliphatic carbocycles. The lowest BCUT2D eigenvalue weighted by atomic mass is 9.81. The fourth-order valence-electron chi connectivity index (χ4n) is 4.58. The van der Waals surface area contributed by atoms with Crippen LogP contribution in [0.25, 0.3) is 11.3 Å². The Kier molecular flexibility index (Phi) is 8.11. The fraction of sp³-hybridized carbons (Fsp3) is 0.346. The lowest BCUT2D eigenvalue weighted by Crippen LogP contribution is -2.33. The second-order valence-corrected chi connectivity index (χ2v) is 9.75. The molecule has 1 saturated carbocycles. The van der Waals surface area contributed by atoms with Crippen molar-refractivity contribution in [1.29, 1.82) is 0 Å². The number of nitrogens with zero attached hydrogens (tertiary/aromatic N) is 1. The topological polar surface area (TPSA) is 110 Å². The molecule has 1 heterocycles. The van der Waals surface area contributed by atoms with E-state index in [9.17, 15) is 9.59 Å². The molecule has 35 heavy (non-hydrogen) atoms. The Morgan fingerprint density at radius 2 is 1.86 bits per heavy atom. The molecule has 184 valence electrons. The third kappa shape index (κ3) is 5.86. The van der Waals surface area contributed by atoms with Gasteiger partial charge in [-0.05, 0) is 68.8 Å². The van der Waals surface area contributed by atoms with E-state index in [2.05, 4.69) is 15.8 Å². The Bertz CT molecular complexity index is 1230. The first-order chi connectivity index (χ1) is 16.9. The zero-order chi connectivity index (χ0) is 24.9. The van der Waals surface area contributed by atoms with E-state index in [4.69, 9.17) is 33.5 Å². The molecule has 0 saturated heterocycles. The number of carbonyl (C=O) groups is 2. The van der Waals surface area contributed by atoms with Crippen LogP contribution in [0.5, 0.6) is 0 Å². The molecule has 2 unspecified atom stereocenters. The second-order valence-electron chi connectivity index (χ2n) is 8.94. The Labute approximate surface area is 214 Å². The molecule has 1 fully saturated rings. The van der Waals surface area contributed by atoms with Crippen LogP contribution in [0, 0.1) is 18.8 Å². The average molecular weight is 515 g/mol. The summed E-state index contributed by atoms with van der Waals surface area (Å²) in [6.07, 6.45) is 4.43. The monoisotopic (exact) mass is 514 g/mol. The van der Waals surface area contributed by atoms with Crippen molar-refractivity contribution in [2.24, 2.45) is 17.6 Å². The molecule has 9 heteroatoms. The van der Waals surface area contributed by atoms with E-state index in [0.717, 1.165) is 25.7 Å². The van der Waals surface area contributed by atoms with Crippen molar-refractivity contribution in [3.63, 3.8) is 0 Å². The summed E-state index contributed by atoms with van der Waals surface area (Å²) < 4.78 is 5.27. The summed E-state index contributed by atoms with van der Waals surface area (Å²) in [5.74, 6) is 0.666. The highest BCUT2D eigenvalue weighted by molar-refractivity contribution is 6.34. The third-order valence-corrected chi connectivity index (χ3v) is 7.11. The lowest BCUT2D eigenvalue weighted by molar-refractivity contribution is 0.0940. The molecule has 1 aromatic heterocycles. The number of rotatable bonds is 7. The highest BCUT2D eigenvalue weighted by atomic mass is 35.5. The minimum Gasteiger partial charge on any atom is -0.360 e. The number of hydrogen-bond donors (Lipinski definition) is 3. The van der Waals surface area contributed by atoms with Gasteiger partial charge in [-0.15, -0.1) is 0 Å². The second kappa shape index (κ2) is 11.2. The van der Waals surface area contributed by atoms with Crippen molar-refractivity contribution >= 4 is 40.7 Å². The number of nitrogens with one attached hydrogen (secondary N) is 2. The van der Waals surface area contributed by atoms with Crippen LogP contribution in [-0.4, -0.2) is 30.1 Å². The molecule has 1 aliphatic rings. The van der Waals surface area contributed by atoms with Crippen LogP contribution in [-0.2, 0) is 0 Å². The molecule has 2 amide bonds. The van der Waals surface area contributed by atoms with Crippen molar-refractivity contribution in [2.75, 3.05) is 18.4 Å². The summed E-state index contributed by atoms with van der Waals surface area (Å²) in [4.78, 5) is 25.8. The van der Waals surface area contributed by atoms with Gasteiger partial charge in [-0.3, -0.25) is 9.59 Å². The Morgan fingerprint density at radius 3 is 2.60 bits per heavy atom. The van der Waals surface area contributed by atoms with Gasteiger partial charge in [0.1, 0.15) is 17.0 Å². The number of amides is 2. The van der Waals surface area contributed by atoms with Crippen LogP contribution >= 0.6 is 23.2 Å². The number of nitrogens with two attached hydrogens (primary N) is 1. The van der Waals surface area contributed by atoms with Crippen LogP contribution in [0.2, 0.25) is 10.0 Å². The molecular formula is C26H28Cl2N4O3. The number of aromatic nitrogens is 1. The first-order valence-electron chi connectivity index (χ1n) is 11.7. The van der Waals surface area contributed by atoms with Crippen molar-refractivity contribution in [3.8, 4) is 11.3 Å². The van der Waals surface area contributed by atoms with Gasteiger partial charge in [0.2, 0.25) is 0 Å². The Morgan fingerprint density at radius 1 is 1.09 bits per heavy atom. The number of hydrogen-bond acceptors (Lipinski definition) is 5. The highest BCUT2D eigenvalue weighted by Gasteiger charge is 2.24. The molecule has 4 rings (SSSR count). The van der Waals surface area contributed by atoms with E-state index in [-0.39, 0.29) is 16.5 Å². The van der Waals surface area contributed by atoms with Crippen LogP contribution in [0.1, 0.15) is 52.2 Å². The molecule has 0 radical (unpaired) electrons. The maximum atomic E-state index is 13.1. The first-order valence-corrected chi connectivity index (χ1v) is 12.4. The third-order valence-electron chi connectivity index (χ3n) is 6.47. The molecule has 4 N–H and O–H groups in total. The van der Waals surface area contributed by atoms with Crippen molar-refractivity contribution in [1.82, 2.24) is 10.5 Å². The van der Waals surface area contributed by atoms with Gasteiger partial charge in [-0.1, -0.05) is 53.0 Å². The summed E-state index contributed by atoms with van der Waals surface area (Å²) in [6, 6.07) is 11.9. The van der Waals surface area contributed by atoms with Crippen LogP contribution in [0.15, 0.2) is 47.0 Å². The van der Waals surface area contributed by atoms with Gasteiger partial charge in [0.25, 0.3) is 11.8 Å². The largest absolute Gasteiger partial charge is 0.360 e. The number of aryl methyl sites for hydroxylation is 1. The summed E-state index contributed by atoms with van der Waals surface area (Å²) in [5, 5.41) is 10.5. The van der Waals surface area contributed by atoms with Gasteiger partial charge in [-0.25, -0.2) is 0 Å². The Hall–Kier alpha value is -2.87. The molecule has 2 atom stereocenters. The van der Waals surface area contributed by atoms with Gasteiger partial charge < -0.3 is 20.9 Å². The van der Waals surface area contributed by atoms with Crippen LogP contribution < -0.4 is 16.4 Å². The number of halogens is 2. The Balaban J connectivity index is 1.43. The summed E-state index contributed by atoms with van der Waals surface area (Å²) in [7, 11) is 0. The van der Waals surface area contributed by atoms with Crippen molar-refractivity contribution in [3.05, 3.63) is 69.4 Å². The van der Waals surface area contributed by atoms with Gasteiger partial charge in [-0.2, -0.15) is 0 Å². The zero-order valence-electron chi connectivity index (χ0n) is 19.4. The minimum absolute atomic E-state index is 0.237. The van der Waals surface area contributed by atoms with E-state index >= 15 is 0 Å². The number of carbonyl (C=O) groups excluding carboxylic acids is 2. The molecule has 0 aliphatic heterocycles. The van der Waals surface area contributed by atoms with E-state index < -0.39 is 5.91 Å². The predicted molar refractivity (Wildman–Crippen MR) is 138 cm³/mol. The predicted octanol–water partition coefficient (Wildman–Crippen LogP) is 5.70. The van der Waals surface area contributed by atoms with E-state index in [1.54, 1.807) is 49.4 Å². The van der Waals surface area contributed by atoms with Crippen LogP contribution in [0.3, 0.4) is 0 Å².